The Balaban J connectivity index is 2.13. The second-order valence-electron chi connectivity index (χ2n) is 3.96. The van der Waals surface area contributed by atoms with Gasteiger partial charge >= 0.3 is 6.01 Å². The standard InChI is InChI=1S/C13H12ClN3OS/c1-8-5-11(12(15)19)17-13(16-8)18-7-9-3-2-4-10(14)6-9/h2-6H,7H2,1H3,(H2,15,19). The van der Waals surface area contributed by atoms with Crippen LogP contribution in [0.15, 0.2) is 30.3 Å². The average Bonchev–Trinajstić information content (AvgIpc) is 2.36. The van der Waals surface area contributed by atoms with Crippen LogP contribution >= 0.6 is 23.8 Å². The molecule has 0 radical (unpaired) electrons. The van der Waals surface area contributed by atoms with E-state index < -0.39 is 0 Å². The molecule has 0 aliphatic rings. The molecule has 2 rings (SSSR count). The number of nitrogens with two attached hydrogens (primary N) is 1. The van der Waals surface area contributed by atoms with Gasteiger partial charge < -0.3 is 10.5 Å². The molecule has 0 bridgehead atoms. The number of benzene rings is 1. The molecule has 98 valence electrons. The van der Waals surface area contributed by atoms with Crippen molar-refractivity contribution in [3.05, 3.63) is 52.3 Å². The number of aryl methyl sites for hydroxylation is 1. The van der Waals surface area contributed by atoms with Crippen LogP contribution in [0.3, 0.4) is 0 Å². The number of halogens is 1. The summed E-state index contributed by atoms with van der Waals surface area (Å²) in [6.07, 6.45) is 0. The van der Waals surface area contributed by atoms with E-state index in [0.29, 0.717) is 17.3 Å². The Morgan fingerprint density at radius 3 is 2.84 bits per heavy atom. The SMILES string of the molecule is Cc1cc(C(N)=S)nc(OCc2cccc(Cl)c2)n1. The molecule has 0 unspecified atom stereocenters. The Kier molecular flexibility index (Phi) is 4.29. The number of ether oxygens (including phenoxy) is 1. The Morgan fingerprint density at radius 2 is 2.16 bits per heavy atom. The van der Waals surface area contributed by atoms with Crippen molar-refractivity contribution in [3.63, 3.8) is 0 Å². The summed E-state index contributed by atoms with van der Waals surface area (Å²) in [5, 5.41) is 0.662. The molecule has 2 aromatic rings. The number of nitrogens with zero attached hydrogens (tertiary/aromatic N) is 2. The Hall–Kier alpha value is -1.72. The van der Waals surface area contributed by atoms with Crippen molar-refractivity contribution in [1.82, 2.24) is 9.97 Å². The van der Waals surface area contributed by atoms with Gasteiger partial charge in [0.05, 0.1) is 0 Å². The lowest BCUT2D eigenvalue weighted by Crippen LogP contribution is -2.13. The van der Waals surface area contributed by atoms with Gasteiger partial charge in [-0.15, -0.1) is 0 Å². The molecule has 1 heterocycles. The van der Waals surface area contributed by atoms with E-state index in [9.17, 15) is 0 Å². The normalized spacial score (nSPS) is 10.2. The molecule has 0 aliphatic carbocycles. The molecule has 6 heteroatoms. The number of hydrogen-bond acceptors (Lipinski definition) is 4. The number of aromatic nitrogens is 2. The zero-order valence-electron chi connectivity index (χ0n) is 10.3. The number of rotatable bonds is 4. The van der Waals surface area contributed by atoms with Crippen molar-refractivity contribution in [3.8, 4) is 6.01 Å². The van der Waals surface area contributed by atoms with Gasteiger partial charge in [-0.2, -0.15) is 4.98 Å². The molecule has 0 fully saturated rings. The molecule has 1 aromatic heterocycles. The smallest absolute Gasteiger partial charge is 0.317 e. The van der Waals surface area contributed by atoms with Crippen LogP contribution in [0.4, 0.5) is 0 Å². The molecule has 0 saturated carbocycles. The van der Waals surface area contributed by atoms with E-state index in [0.717, 1.165) is 11.3 Å². The third-order valence-corrected chi connectivity index (χ3v) is 2.79. The van der Waals surface area contributed by atoms with Crippen molar-refractivity contribution in [2.45, 2.75) is 13.5 Å². The van der Waals surface area contributed by atoms with Crippen LogP contribution in [0.25, 0.3) is 0 Å². The number of hydrogen-bond donors (Lipinski definition) is 1. The predicted molar refractivity (Wildman–Crippen MR) is 78.4 cm³/mol. The topological polar surface area (TPSA) is 61.0 Å². The van der Waals surface area contributed by atoms with Crippen molar-refractivity contribution in [2.75, 3.05) is 0 Å². The highest BCUT2D eigenvalue weighted by Crippen LogP contribution is 2.13. The van der Waals surface area contributed by atoms with Crippen LogP contribution in [0.1, 0.15) is 17.0 Å². The third kappa shape index (κ3) is 3.87. The maximum atomic E-state index is 5.90. The Labute approximate surface area is 121 Å². The van der Waals surface area contributed by atoms with Gasteiger partial charge in [0, 0.05) is 10.7 Å². The quantitative estimate of drug-likeness (QED) is 0.878. The molecule has 0 spiro atoms. The number of thiocarbonyl (C=S) groups is 1. The summed E-state index contributed by atoms with van der Waals surface area (Å²) in [5.41, 5.74) is 7.74. The molecular weight excluding hydrogens is 282 g/mol. The van der Waals surface area contributed by atoms with Gasteiger partial charge in [0.25, 0.3) is 0 Å². The van der Waals surface area contributed by atoms with Crippen LogP contribution < -0.4 is 10.5 Å². The Morgan fingerprint density at radius 1 is 1.37 bits per heavy atom. The highest BCUT2D eigenvalue weighted by molar-refractivity contribution is 7.80. The zero-order valence-corrected chi connectivity index (χ0v) is 11.8. The lowest BCUT2D eigenvalue weighted by molar-refractivity contribution is 0.280. The van der Waals surface area contributed by atoms with Crippen molar-refractivity contribution >= 4 is 28.8 Å². The largest absolute Gasteiger partial charge is 0.459 e. The van der Waals surface area contributed by atoms with Crippen molar-refractivity contribution in [2.24, 2.45) is 5.73 Å². The molecular formula is C13H12ClN3OS. The van der Waals surface area contributed by atoms with Gasteiger partial charge in [-0.05, 0) is 30.7 Å². The second kappa shape index (κ2) is 5.95. The summed E-state index contributed by atoms with van der Waals surface area (Å²) in [5.74, 6) is 0. The van der Waals surface area contributed by atoms with Crippen LogP contribution in [0.5, 0.6) is 6.01 Å². The van der Waals surface area contributed by atoms with Crippen molar-refractivity contribution < 1.29 is 4.74 Å². The van der Waals surface area contributed by atoms with Gasteiger partial charge in [-0.25, -0.2) is 4.98 Å². The highest BCUT2D eigenvalue weighted by Gasteiger charge is 2.06. The van der Waals surface area contributed by atoms with Crippen LogP contribution in [0.2, 0.25) is 5.02 Å². The summed E-state index contributed by atoms with van der Waals surface area (Å²) >= 11 is 10.8. The minimum absolute atomic E-state index is 0.220. The van der Waals surface area contributed by atoms with Crippen LogP contribution in [-0.4, -0.2) is 15.0 Å². The van der Waals surface area contributed by atoms with E-state index in [1.165, 1.54) is 0 Å². The van der Waals surface area contributed by atoms with Gasteiger partial charge in [0.15, 0.2) is 0 Å². The van der Waals surface area contributed by atoms with E-state index in [2.05, 4.69) is 9.97 Å². The first-order chi connectivity index (χ1) is 9.04. The first-order valence-electron chi connectivity index (χ1n) is 5.57. The summed E-state index contributed by atoms with van der Waals surface area (Å²) in [6, 6.07) is 9.37. The van der Waals surface area contributed by atoms with E-state index in [1.54, 1.807) is 12.1 Å². The highest BCUT2D eigenvalue weighted by atomic mass is 35.5. The average molecular weight is 294 g/mol. The maximum absolute atomic E-state index is 5.90. The van der Waals surface area contributed by atoms with E-state index in [1.807, 2.05) is 25.1 Å². The van der Waals surface area contributed by atoms with Crippen LogP contribution in [-0.2, 0) is 6.61 Å². The fourth-order valence-electron chi connectivity index (χ4n) is 1.51. The first-order valence-corrected chi connectivity index (χ1v) is 6.36. The molecule has 0 amide bonds. The van der Waals surface area contributed by atoms with E-state index in [-0.39, 0.29) is 11.0 Å². The zero-order chi connectivity index (χ0) is 13.8. The summed E-state index contributed by atoms with van der Waals surface area (Å²) in [6.45, 7) is 2.16. The predicted octanol–water partition coefficient (Wildman–Crippen LogP) is 2.65. The second-order valence-corrected chi connectivity index (χ2v) is 4.84. The van der Waals surface area contributed by atoms with Crippen molar-refractivity contribution in [1.29, 1.82) is 0 Å². The van der Waals surface area contributed by atoms with E-state index >= 15 is 0 Å². The third-order valence-electron chi connectivity index (χ3n) is 2.34. The minimum Gasteiger partial charge on any atom is -0.459 e. The molecule has 1 aromatic carbocycles. The molecule has 2 N–H and O–H groups in total. The Bertz CT molecular complexity index is 619. The maximum Gasteiger partial charge on any atom is 0.317 e. The van der Waals surface area contributed by atoms with Gasteiger partial charge in [-0.1, -0.05) is 36.0 Å². The summed E-state index contributed by atoms with van der Waals surface area (Å²) < 4.78 is 5.52. The fourth-order valence-corrected chi connectivity index (χ4v) is 1.82. The lowest BCUT2D eigenvalue weighted by Gasteiger charge is -2.07. The van der Waals surface area contributed by atoms with Gasteiger partial charge in [0.1, 0.15) is 17.3 Å². The minimum atomic E-state index is 0.220. The lowest BCUT2D eigenvalue weighted by atomic mass is 10.2. The molecule has 0 aliphatic heterocycles. The summed E-state index contributed by atoms with van der Waals surface area (Å²) in [4.78, 5) is 8.53. The molecule has 4 nitrogen and oxygen atoms in total. The molecule has 19 heavy (non-hydrogen) atoms. The fraction of sp³-hybridized carbons (Fsp3) is 0.154. The monoisotopic (exact) mass is 293 g/mol. The summed E-state index contributed by atoms with van der Waals surface area (Å²) in [7, 11) is 0. The first kappa shape index (κ1) is 13.7. The van der Waals surface area contributed by atoms with Gasteiger partial charge in [-0.3, -0.25) is 0 Å². The molecule has 0 atom stereocenters. The van der Waals surface area contributed by atoms with E-state index in [4.69, 9.17) is 34.3 Å². The van der Waals surface area contributed by atoms with Crippen LogP contribution in [0, 0.1) is 6.92 Å². The molecule has 0 saturated heterocycles. The van der Waals surface area contributed by atoms with Gasteiger partial charge in [0.2, 0.25) is 0 Å².